The van der Waals surface area contributed by atoms with Crippen LogP contribution >= 0.6 is 0 Å². The summed E-state index contributed by atoms with van der Waals surface area (Å²) in [5, 5.41) is 0. The third-order valence-corrected chi connectivity index (χ3v) is 5.02. The lowest BCUT2D eigenvalue weighted by molar-refractivity contribution is 0.164. The van der Waals surface area contributed by atoms with E-state index in [-0.39, 0.29) is 0 Å². The minimum Gasteiger partial charge on any atom is -0.120 e. The van der Waals surface area contributed by atoms with Crippen LogP contribution in [0.25, 0.3) is 0 Å². The maximum atomic E-state index is 5.27. The molecule has 0 heteroatoms. The fourth-order valence-electron chi connectivity index (χ4n) is 3.52. The summed E-state index contributed by atoms with van der Waals surface area (Å²) in [4.78, 5) is 0. The van der Waals surface area contributed by atoms with E-state index < -0.39 is 0 Å². The van der Waals surface area contributed by atoms with Crippen molar-refractivity contribution in [3.05, 3.63) is 0 Å². The van der Waals surface area contributed by atoms with Crippen LogP contribution in [0, 0.1) is 23.7 Å². The fraction of sp³-hybridized carbons (Fsp3) is 0.905. The molecule has 0 saturated carbocycles. The lowest BCUT2D eigenvalue weighted by Gasteiger charge is -2.34. The Balaban J connectivity index is 3.70. The highest BCUT2D eigenvalue weighted by Gasteiger charge is 2.27. The molecule has 0 fully saturated rings. The van der Waals surface area contributed by atoms with E-state index in [4.69, 9.17) is 6.42 Å². The first-order valence-electron chi connectivity index (χ1n) is 9.52. The molecule has 0 aliphatic rings. The number of unbranched alkanes of at least 4 members (excludes halogenated alkanes) is 7. The standard InChI is InChI=1S/C21H40/c1-6-9-10-11-12-13-14-15-16-19-21(4,5)20(17-7-2)18-8-3/h1,20H,7-19H2,2-5H3. The molecule has 0 saturated heterocycles. The lowest BCUT2D eigenvalue weighted by Crippen LogP contribution is -2.24. The van der Waals surface area contributed by atoms with Gasteiger partial charge < -0.3 is 0 Å². The molecule has 0 heterocycles. The highest BCUT2D eigenvalue weighted by atomic mass is 14.3. The van der Waals surface area contributed by atoms with Crippen LogP contribution in [0.2, 0.25) is 0 Å². The average molecular weight is 293 g/mol. The van der Waals surface area contributed by atoms with Gasteiger partial charge in [0.15, 0.2) is 0 Å². The van der Waals surface area contributed by atoms with Crippen LogP contribution in [-0.2, 0) is 0 Å². The van der Waals surface area contributed by atoms with Crippen LogP contribution in [0.1, 0.15) is 111 Å². The molecule has 21 heavy (non-hydrogen) atoms. The summed E-state index contributed by atoms with van der Waals surface area (Å²) >= 11 is 0. The third kappa shape index (κ3) is 10.9. The van der Waals surface area contributed by atoms with Crippen molar-refractivity contribution in [3.63, 3.8) is 0 Å². The molecule has 0 aromatic heterocycles. The largest absolute Gasteiger partial charge is 0.120 e. The molecule has 0 aliphatic carbocycles. The minimum atomic E-state index is 0.540. The van der Waals surface area contributed by atoms with Crippen LogP contribution in [0.4, 0.5) is 0 Å². The van der Waals surface area contributed by atoms with Crippen molar-refractivity contribution in [2.24, 2.45) is 11.3 Å². The number of terminal acetylenes is 1. The Hall–Kier alpha value is -0.440. The van der Waals surface area contributed by atoms with Crippen LogP contribution in [-0.4, -0.2) is 0 Å². The van der Waals surface area contributed by atoms with Gasteiger partial charge >= 0.3 is 0 Å². The van der Waals surface area contributed by atoms with Gasteiger partial charge in [-0.2, -0.15) is 0 Å². The molecule has 0 N–H and O–H groups in total. The summed E-state index contributed by atoms with van der Waals surface area (Å²) in [7, 11) is 0. The van der Waals surface area contributed by atoms with Crippen LogP contribution < -0.4 is 0 Å². The summed E-state index contributed by atoms with van der Waals surface area (Å²) in [6.07, 6.45) is 22.7. The molecule has 0 unspecified atom stereocenters. The second kappa shape index (κ2) is 13.2. The molecular weight excluding hydrogens is 252 g/mol. The van der Waals surface area contributed by atoms with Crippen molar-refractivity contribution in [2.75, 3.05) is 0 Å². The summed E-state index contributed by atoms with van der Waals surface area (Å²) in [5.41, 5.74) is 0.540. The predicted molar refractivity (Wildman–Crippen MR) is 97.5 cm³/mol. The maximum Gasteiger partial charge on any atom is 0.00860 e. The van der Waals surface area contributed by atoms with Gasteiger partial charge in [0, 0.05) is 6.42 Å². The van der Waals surface area contributed by atoms with Crippen LogP contribution in [0.3, 0.4) is 0 Å². The van der Waals surface area contributed by atoms with Gasteiger partial charge in [0.25, 0.3) is 0 Å². The Morgan fingerprint density at radius 3 is 1.76 bits per heavy atom. The molecule has 0 aliphatic heterocycles. The lowest BCUT2D eigenvalue weighted by atomic mass is 9.71. The van der Waals surface area contributed by atoms with Crippen molar-refractivity contribution in [1.82, 2.24) is 0 Å². The first kappa shape index (κ1) is 20.6. The smallest absolute Gasteiger partial charge is 0.00860 e. The van der Waals surface area contributed by atoms with E-state index in [0.717, 1.165) is 12.3 Å². The quantitative estimate of drug-likeness (QED) is 0.231. The van der Waals surface area contributed by atoms with Crippen LogP contribution in [0.15, 0.2) is 0 Å². The normalized spacial score (nSPS) is 11.8. The van der Waals surface area contributed by atoms with E-state index in [1.807, 2.05) is 0 Å². The second-order valence-corrected chi connectivity index (χ2v) is 7.44. The highest BCUT2D eigenvalue weighted by Crippen LogP contribution is 2.38. The maximum absolute atomic E-state index is 5.27. The Labute approximate surface area is 135 Å². The molecule has 0 rings (SSSR count). The van der Waals surface area contributed by atoms with Gasteiger partial charge in [-0.3, -0.25) is 0 Å². The molecule has 0 spiro atoms. The third-order valence-electron chi connectivity index (χ3n) is 5.02. The van der Waals surface area contributed by atoms with Gasteiger partial charge in [-0.05, 0) is 24.2 Å². The molecular formula is C21H40. The van der Waals surface area contributed by atoms with E-state index in [2.05, 4.69) is 33.6 Å². The Morgan fingerprint density at radius 1 is 0.810 bits per heavy atom. The molecule has 0 bridgehead atoms. The van der Waals surface area contributed by atoms with E-state index in [1.165, 1.54) is 77.0 Å². The number of hydrogen-bond acceptors (Lipinski definition) is 0. The molecule has 0 amide bonds. The molecule has 0 nitrogen and oxygen atoms in total. The first-order chi connectivity index (χ1) is 10.1. The van der Waals surface area contributed by atoms with Gasteiger partial charge in [-0.15, -0.1) is 12.3 Å². The molecule has 124 valence electrons. The van der Waals surface area contributed by atoms with Crippen LogP contribution in [0.5, 0.6) is 0 Å². The zero-order chi connectivity index (χ0) is 16.0. The minimum absolute atomic E-state index is 0.540. The second-order valence-electron chi connectivity index (χ2n) is 7.44. The van der Waals surface area contributed by atoms with Gasteiger partial charge in [-0.1, -0.05) is 91.9 Å². The molecule has 0 aromatic carbocycles. The van der Waals surface area contributed by atoms with Crippen molar-refractivity contribution in [1.29, 1.82) is 0 Å². The van der Waals surface area contributed by atoms with Crippen molar-refractivity contribution < 1.29 is 0 Å². The monoisotopic (exact) mass is 292 g/mol. The molecule has 0 aromatic rings. The Bertz CT molecular complexity index is 250. The summed E-state index contributed by atoms with van der Waals surface area (Å²) in [5.74, 6) is 3.65. The number of hydrogen-bond donors (Lipinski definition) is 0. The van der Waals surface area contributed by atoms with Gasteiger partial charge in [-0.25, -0.2) is 0 Å². The zero-order valence-electron chi connectivity index (χ0n) is 15.3. The average Bonchev–Trinajstić information content (AvgIpc) is 2.45. The van der Waals surface area contributed by atoms with Crippen molar-refractivity contribution in [2.45, 2.75) is 111 Å². The summed E-state index contributed by atoms with van der Waals surface area (Å²) in [6.45, 7) is 9.67. The van der Waals surface area contributed by atoms with Crippen molar-refractivity contribution in [3.8, 4) is 12.3 Å². The SMILES string of the molecule is C#CCCCCCCCCCC(C)(C)C(CCC)CCC. The highest BCUT2D eigenvalue weighted by molar-refractivity contribution is 4.82. The van der Waals surface area contributed by atoms with E-state index in [1.54, 1.807) is 0 Å². The first-order valence-corrected chi connectivity index (χ1v) is 9.52. The Kier molecular flexibility index (Phi) is 13.0. The molecule has 0 radical (unpaired) electrons. The van der Waals surface area contributed by atoms with E-state index >= 15 is 0 Å². The summed E-state index contributed by atoms with van der Waals surface area (Å²) < 4.78 is 0. The predicted octanol–water partition coefficient (Wildman–Crippen LogP) is 7.37. The van der Waals surface area contributed by atoms with Gasteiger partial charge in [0.2, 0.25) is 0 Å². The van der Waals surface area contributed by atoms with E-state index in [9.17, 15) is 0 Å². The van der Waals surface area contributed by atoms with E-state index in [0.29, 0.717) is 5.41 Å². The Morgan fingerprint density at radius 2 is 1.29 bits per heavy atom. The zero-order valence-corrected chi connectivity index (χ0v) is 15.3. The van der Waals surface area contributed by atoms with Gasteiger partial charge in [0.1, 0.15) is 0 Å². The fourth-order valence-corrected chi connectivity index (χ4v) is 3.52. The summed E-state index contributed by atoms with van der Waals surface area (Å²) in [6, 6.07) is 0. The topological polar surface area (TPSA) is 0 Å². The number of rotatable bonds is 14. The molecule has 0 atom stereocenters. The van der Waals surface area contributed by atoms with Crippen molar-refractivity contribution >= 4 is 0 Å². The van der Waals surface area contributed by atoms with Gasteiger partial charge in [0.05, 0.1) is 0 Å².